The second-order valence-corrected chi connectivity index (χ2v) is 6.46. The van der Waals surface area contributed by atoms with Crippen LogP contribution in [0.1, 0.15) is 50.9 Å². The van der Waals surface area contributed by atoms with Crippen molar-refractivity contribution in [2.45, 2.75) is 46.6 Å². The van der Waals surface area contributed by atoms with Crippen LogP contribution in [0.25, 0.3) is 0 Å². The monoisotopic (exact) mass is 287 g/mol. The molecule has 0 saturated carbocycles. The lowest BCUT2D eigenvalue weighted by molar-refractivity contribution is 0.0958. The van der Waals surface area contributed by atoms with E-state index >= 15 is 0 Å². The zero-order valence-corrected chi connectivity index (χ0v) is 13.4. The Balaban J connectivity index is 2.51. The maximum atomic E-state index is 11.7. The summed E-state index contributed by atoms with van der Waals surface area (Å²) in [6.45, 7) is 9.08. The van der Waals surface area contributed by atoms with Crippen LogP contribution in [0, 0.1) is 17.8 Å². The molecular formula is C17H25N3O. The Hall–Kier alpha value is -2.02. The summed E-state index contributed by atoms with van der Waals surface area (Å²) < 4.78 is 0. The van der Waals surface area contributed by atoms with Crippen LogP contribution in [-0.4, -0.2) is 23.5 Å². The summed E-state index contributed by atoms with van der Waals surface area (Å²) in [5.41, 5.74) is 0.848. The Kier molecular flexibility index (Phi) is 6.23. The van der Waals surface area contributed by atoms with Crippen LogP contribution in [-0.2, 0) is 0 Å². The zero-order chi connectivity index (χ0) is 15.9. The van der Waals surface area contributed by atoms with E-state index in [2.05, 4.69) is 49.2 Å². The van der Waals surface area contributed by atoms with Gasteiger partial charge in [0.1, 0.15) is 5.82 Å². The number of hydrogen-bond acceptors (Lipinski definition) is 3. The third kappa shape index (κ3) is 6.80. The highest BCUT2D eigenvalue weighted by molar-refractivity contribution is 5.94. The predicted molar refractivity (Wildman–Crippen MR) is 87.2 cm³/mol. The molecule has 1 unspecified atom stereocenters. The average Bonchev–Trinajstić information content (AvgIpc) is 2.42. The van der Waals surface area contributed by atoms with Gasteiger partial charge in [0.05, 0.1) is 12.1 Å². The van der Waals surface area contributed by atoms with Gasteiger partial charge in [0, 0.05) is 12.2 Å². The molecule has 1 rings (SSSR count). The molecule has 0 radical (unpaired) electrons. The molecule has 0 aliphatic heterocycles. The minimum atomic E-state index is -0.201. The van der Waals surface area contributed by atoms with Crippen molar-refractivity contribution in [2.24, 2.45) is 5.41 Å². The Morgan fingerprint density at radius 2 is 2.14 bits per heavy atom. The number of anilines is 1. The maximum absolute atomic E-state index is 11.7. The van der Waals surface area contributed by atoms with E-state index in [4.69, 9.17) is 6.42 Å². The Labute approximate surface area is 127 Å². The summed E-state index contributed by atoms with van der Waals surface area (Å²) in [5, 5.41) is 5.96. The van der Waals surface area contributed by atoms with E-state index in [0.717, 1.165) is 18.7 Å². The molecule has 114 valence electrons. The average molecular weight is 287 g/mol. The highest BCUT2D eigenvalue weighted by atomic mass is 16.1. The van der Waals surface area contributed by atoms with Gasteiger partial charge < -0.3 is 10.6 Å². The van der Waals surface area contributed by atoms with E-state index in [9.17, 15) is 4.79 Å². The molecule has 1 amide bonds. The van der Waals surface area contributed by atoms with Gasteiger partial charge in [-0.05, 0) is 37.3 Å². The number of hydrogen-bond donors (Lipinski definition) is 2. The highest BCUT2D eigenvalue weighted by Gasteiger charge is 2.13. The zero-order valence-electron chi connectivity index (χ0n) is 13.4. The van der Waals surface area contributed by atoms with Crippen molar-refractivity contribution in [3.8, 4) is 12.3 Å². The Morgan fingerprint density at radius 3 is 2.67 bits per heavy atom. The van der Waals surface area contributed by atoms with Crippen molar-refractivity contribution in [2.75, 3.05) is 11.9 Å². The predicted octanol–water partition coefficient (Wildman–Crippen LogP) is 3.07. The molecule has 0 saturated heterocycles. The van der Waals surface area contributed by atoms with E-state index in [1.807, 2.05) is 6.07 Å². The van der Waals surface area contributed by atoms with Crippen molar-refractivity contribution < 1.29 is 4.79 Å². The van der Waals surface area contributed by atoms with Crippen LogP contribution in [0.3, 0.4) is 0 Å². The Morgan fingerprint density at radius 1 is 1.43 bits per heavy atom. The number of aromatic nitrogens is 1. The molecule has 1 atom stereocenters. The quantitative estimate of drug-likeness (QED) is 0.791. The molecule has 2 N–H and O–H groups in total. The van der Waals surface area contributed by atoms with Crippen LogP contribution in [0.2, 0.25) is 0 Å². The van der Waals surface area contributed by atoms with Gasteiger partial charge >= 0.3 is 0 Å². The molecule has 0 fully saturated rings. The van der Waals surface area contributed by atoms with Crippen molar-refractivity contribution in [1.82, 2.24) is 10.3 Å². The third-order valence-electron chi connectivity index (χ3n) is 3.10. The van der Waals surface area contributed by atoms with E-state index in [-0.39, 0.29) is 12.5 Å². The molecule has 1 aromatic rings. The maximum Gasteiger partial charge on any atom is 0.253 e. The number of carbonyl (C=O) groups is 1. The van der Waals surface area contributed by atoms with Gasteiger partial charge in [-0.1, -0.05) is 26.7 Å². The molecule has 0 bridgehead atoms. The molecule has 0 aliphatic rings. The van der Waals surface area contributed by atoms with Gasteiger partial charge in [-0.25, -0.2) is 4.98 Å². The fraction of sp³-hybridized carbons (Fsp3) is 0.529. The van der Waals surface area contributed by atoms with Crippen molar-refractivity contribution in [1.29, 1.82) is 0 Å². The van der Waals surface area contributed by atoms with Gasteiger partial charge in [0.25, 0.3) is 5.91 Å². The Bertz CT molecular complexity index is 494. The van der Waals surface area contributed by atoms with Crippen molar-refractivity contribution >= 4 is 11.7 Å². The second-order valence-electron chi connectivity index (χ2n) is 6.46. The number of pyridine rings is 1. The van der Waals surface area contributed by atoms with Crippen LogP contribution < -0.4 is 10.6 Å². The fourth-order valence-corrected chi connectivity index (χ4v) is 1.82. The number of carbonyl (C=O) groups excluding carboxylic acids is 1. The van der Waals surface area contributed by atoms with Crippen LogP contribution in [0.5, 0.6) is 0 Å². The molecular weight excluding hydrogens is 262 g/mol. The largest absolute Gasteiger partial charge is 0.368 e. The molecule has 0 aromatic carbocycles. The summed E-state index contributed by atoms with van der Waals surface area (Å²) in [7, 11) is 0. The standard InChI is InChI=1S/C17H25N3O/c1-6-11-18-16(21)14-7-8-15(19-12-14)20-13(2)9-10-17(3,4)5/h1,7-8,12-13H,9-11H2,2-5H3,(H,18,21)(H,19,20). The number of terminal acetylenes is 1. The third-order valence-corrected chi connectivity index (χ3v) is 3.10. The molecule has 1 heterocycles. The minimum Gasteiger partial charge on any atom is -0.368 e. The summed E-state index contributed by atoms with van der Waals surface area (Å²) in [6.07, 6.45) is 8.89. The summed E-state index contributed by atoms with van der Waals surface area (Å²) in [4.78, 5) is 16.0. The number of amides is 1. The van der Waals surface area contributed by atoms with E-state index < -0.39 is 0 Å². The normalized spacial score (nSPS) is 12.3. The molecule has 1 aromatic heterocycles. The van der Waals surface area contributed by atoms with Crippen LogP contribution in [0.15, 0.2) is 18.3 Å². The smallest absolute Gasteiger partial charge is 0.253 e. The first-order valence-corrected chi connectivity index (χ1v) is 7.26. The number of nitrogens with zero attached hydrogens (tertiary/aromatic N) is 1. The first-order chi connectivity index (χ1) is 9.81. The van der Waals surface area contributed by atoms with Crippen LogP contribution in [0.4, 0.5) is 5.82 Å². The minimum absolute atomic E-state index is 0.201. The first kappa shape index (κ1) is 17.0. The first-order valence-electron chi connectivity index (χ1n) is 7.26. The lowest BCUT2D eigenvalue weighted by Gasteiger charge is -2.21. The lowest BCUT2D eigenvalue weighted by atomic mass is 9.89. The molecule has 0 spiro atoms. The number of rotatable bonds is 6. The van der Waals surface area contributed by atoms with Gasteiger partial charge in [0.15, 0.2) is 0 Å². The summed E-state index contributed by atoms with van der Waals surface area (Å²) in [5.74, 6) is 2.95. The topological polar surface area (TPSA) is 54.0 Å². The summed E-state index contributed by atoms with van der Waals surface area (Å²) >= 11 is 0. The lowest BCUT2D eigenvalue weighted by Crippen LogP contribution is -2.24. The van der Waals surface area contributed by atoms with E-state index in [1.54, 1.807) is 12.3 Å². The molecule has 0 aliphatic carbocycles. The molecule has 21 heavy (non-hydrogen) atoms. The fourth-order valence-electron chi connectivity index (χ4n) is 1.82. The summed E-state index contributed by atoms with van der Waals surface area (Å²) in [6, 6.07) is 3.91. The van der Waals surface area contributed by atoms with Crippen molar-refractivity contribution in [3.05, 3.63) is 23.9 Å². The van der Waals surface area contributed by atoms with Gasteiger partial charge in [-0.15, -0.1) is 6.42 Å². The molecule has 4 nitrogen and oxygen atoms in total. The highest BCUT2D eigenvalue weighted by Crippen LogP contribution is 2.22. The van der Waals surface area contributed by atoms with Crippen molar-refractivity contribution in [3.63, 3.8) is 0 Å². The molecule has 4 heteroatoms. The van der Waals surface area contributed by atoms with Crippen LogP contribution >= 0.6 is 0 Å². The number of nitrogens with one attached hydrogen (secondary N) is 2. The van der Waals surface area contributed by atoms with E-state index in [0.29, 0.717) is 17.0 Å². The van der Waals surface area contributed by atoms with Gasteiger partial charge in [-0.2, -0.15) is 0 Å². The SMILES string of the molecule is C#CCNC(=O)c1ccc(NC(C)CCC(C)(C)C)nc1. The van der Waals surface area contributed by atoms with Gasteiger partial charge in [-0.3, -0.25) is 4.79 Å². The second kappa shape index (κ2) is 7.68. The van der Waals surface area contributed by atoms with E-state index in [1.165, 1.54) is 0 Å². The van der Waals surface area contributed by atoms with Gasteiger partial charge in [0.2, 0.25) is 0 Å².